The third-order valence-corrected chi connectivity index (χ3v) is 6.19. The van der Waals surface area contributed by atoms with E-state index in [0.29, 0.717) is 46.8 Å². The largest absolute Gasteiger partial charge is 0.508 e. The first kappa shape index (κ1) is 21.2. The summed E-state index contributed by atoms with van der Waals surface area (Å²) < 4.78 is 10.9. The number of aromatic nitrogens is 3. The minimum absolute atomic E-state index is 0.0574. The molecule has 1 saturated heterocycles. The second-order valence-electron chi connectivity index (χ2n) is 8.42. The maximum Gasteiger partial charge on any atom is 0.254 e. The van der Waals surface area contributed by atoms with Gasteiger partial charge >= 0.3 is 0 Å². The van der Waals surface area contributed by atoms with Crippen LogP contribution in [0.3, 0.4) is 0 Å². The Bertz CT molecular complexity index is 1440. The Balaban J connectivity index is 1.43. The lowest BCUT2D eigenvalue weighted by Crippen LogP contribution is -2.46. The van der Waals surface area contributed by atoms with Crippen molar-refractivity contribution in [3.63, 3.8) is 0 Å². The SMILES string of the molecule is O=C(c1cc(-c2ccc(O)cc2)nc2[nH]nc(C=Cc3ccc4c(c3)OCO4)c12)N1CCNCC1. The number of phenols is 1. The van der Waals surface area contributed by atoms with E-state index in [4.69, 9.17) is 14.5 Å². The Labute approximate surface area is 201 Å². The molecule has 2 aromatic carbocycles. The van der Waals surface area contributed by atoms with Crippen LogP contribution in [0.2, 0.25) is 0 Å². The number of hydrogen-bond donors (Lipinski definition) is 3. The van der Waals surface area contributed by atoms with E-state index in [1.165, 1.54) is 0 Å². The van der Waals surface area contributed by atoms with Gasteiger partial charge in [0.05, 0.1) is 22.3 Å². The monoisotopic (exact) mass is 469 g/mol. The van der Waals surface area contributed by atoms with Crippen molar-refractivity contribution >= 4 is 29.1 Å². The molecular formula is C26H23N5O4. The summed E-state index contributed by atoms with van der Waals surface area (Å²) in [7, 11) is 0. The quantitative estimate of drug-likeness (QED) is 0.420. The minimum Gasteiger partial charge on any atom is -0.508 e. The van der Waals surface area contributed by atoms with Crippen molar-refractivity contribution in [2.24, 2.45) is 0 Å². The molecule has 1 amide bonds. The highest BCUT2D eigenvalue weighted by Gasteiger charge is 2.24. The van der Waals surface area contributed by atoms with Gasteiger partial charge in [0.2, 0.25) is 6.79 Å². The third kappa shape index (κ3) is 4.06. The number of piperazine rings is 1. The Morgan fingerprint density at radius 3 is 2.63 bits per heavy atom. The van der Waals surface area contributed by atoms with Gasteiger partial charge in [-0.3, -0.25) is 9.89 Å². The van der Waals surface area contributed by atoms with Crippen molar-refractivity contribution in [1.29, 1.82) is 0 Å². The lowest BCUT2D eigenvalue weighted by Gasteiger charge is -2.27. The van der Waals surface area contributed by atoms with Gasteiger partial charge in [0.1, 0.15) is 5.75 Å². The van der Waals surface area contributed by atoms with Gasteiger partial charge in [0, 0.05) is 31.7 Å². The van der Waals surface area contributed by atoms with Gasteiger partial charge in [0.25, 0.3) is 5.91 Å². The maximum absolute atomic E-state index is 13.6. The van der Waals surface area contributed by atoms with Crippen molar-refractivity contribution in [3.8, 4) is 28.5 Å². The molecule has 2 aromatic heterocycles. The zero-order chi connectivity index (χ0) is 23.8. The molecule has 2 aliphatic rings. The molecule has 0 radical (unpaired) electrons. The highest BCUT2D eigenvalue weighted by atomic mass is 16.7. The molecule has 0 aliphatic carbocycles. The number of nitrogens with one attached hydrogen (secondary N) is 2. The number of pyridine rings is 1. The van der Waals surface area contributed by atoms with Gasteiger partial charge in [-0.2, -0.15) is 5.10 Å². The number of hydrogen-bond acceptors (Lipinski definition) is 7. The van der Waals surface area contributed by atoms with E-state index in [1.54, 1.807) is 24.3 Å². The predicted octanol–water partition coefficient (Wildman–Crippen LogP) is 3.28. The number of benzene rings is 2. The average Bonchev–Trinajstić information content (AvgIpc) is 3.54. The number of aromatic amines is 1. The van der Waals surface area contributed by atoms with Crippen molar-refractivity contribution in [3.05, 3.63) is 65.4 Å². The Morgan fingerprint density at radius 2 is 1.80 bits per heavy atom. The van der Waals surface area contributed by atoms with Gasteiger partial charge in [-0.05, 0) is 54.1 Å². The molecule has 0 atom stereocenters. The molecule has 35 heavy (non-hydrogen) atoms. The second-order valence-corrected chi connectivity index (χ2v) is 8.42. The smallest absolute Gasteiger partial charge is 0.254 e. The summed E-state index contributed by atoms with van der Waals surface area (Å²) in [5.41, 5.74) is 4.05. The van der Waals surface area contributed by atoms with E-state index in [0.717, 1.165) is 30.0 Å². The molecule has 3 N–H and O–H groups in total. The van der Waals surface area contributed by atoms with Crippen LogP contribution in [0.4, 0.5) is 0 Å². The Kier molecular flexibility index (Phi) is 5.31. The van der Waals surface area contributed by atoms with Crippen molar-refractivity contribution < 1.29 is 19.4 Å². The standard InChI is InChI=1S/C26H23N5O4/c32-18-5-3-17(4-6-18)21-14-19(26(33)31-11-9-27-10-12-31)24-20(29-30-25(24)28-21)7-1-16-2-8-22-23(13-16)35-15-34-22/h1-8,13-14,27,32H,9-12,15H2,(H,28,29,30). The summed E-state index contributed by atoms with van der Waals surface area (Å²) in [6.07, 6.45) is 3.79. The Morgan fingerprint density at radius 1 is 1.00 bits per heavy atom. The second kappa shape index (κ2) is 8.77. The van der Waals surface area contributed by atoms with Crippen LogP contribution in [0.1, 0.15) is 21.6 Å². The fraction of sp³-hybridized carbons (Fsp3) is 0.192. The first-order chi connectivity index (χ1) is 17.2. The van der Waals surface area contributed by atoms with E-state index in [1.807, 2.05) is 41.3 Å². The van der Waals surface area contributed by atoms with Crippen LogP contribution in [0.15, 0.2) is 48.5 Å². The van der Waals surface area contributed by atoms with Crippen molar-refractivity contribution in [2.75, 3.05) is 33.0 Å². The molecule has 6 rings (SSSR count). The molecule has 4 aromatic rings. The number of nitrogens with zero attached hydrogens (tertiary/aromatic N) is 3. The predicted molar refractivity (Wildman–Crippen MR) is 131 cm³/mol. The summed E-state index contributed by atoms with van der Waals surface area (Å²) in [5.74, 6) is 1.54. The number of ether oxygens (including phenoxy) is 2. The van der Waals surface area contributed by atoms with Crippen LogP contribution < -0.4 is 14.8 Å². The van der Waals surface area contributed by atoms with Gasteiger partial charge in [0.15, 0.2) is 17.1 Å². The summed E-state index contributed by atoms with van der Waals surface area (Å²) in [4.78, 5) is 20.2. The topological polar surface area (TPSA) is 113 Å². The lowest BCUT2D eigenvalue weighted by atomic mass is 10.0. The van der Waals surface area contributed by atoms with Gasteiger partial charge in [-0.1, -0.05) is 12.1 Å². The molecule has 2 aliphatic heterocycles. The van der Waals surface area contributed by atoms with E-state index in [9.17, 15) is 9.90 Å². The molecule has 4 heterocycles. The molecule has 0 unspecified atom stereocenters. The van der Waals surface area contributed by atoms with Gasteiger partial charge < -0.3 is 24.8 Å². The van der Waals surface area contributed by atoms with E-state index in [-0.39, 0.29) is 18.4 Å². The number of carbonyl (C=O) groups excluding carboxylic acids is 1. The van der Waals surface area contributed by atoms with Crippen LogP contribution in [0.5, 0.6) is 17.2 Å². The first-order valence-corrected chi connectivity index (χ1v) is 11.4. The average molecular weight is 470 g/mol. The zero-order valence-electron chi connectivity index (χ0n) is 18.8. The molecule has 9 nitrogen and oxygen atoms in total. The van der Waals surface area contributed by atoms with E-state index < -0.39 is 0 Å². The number of phenolic OH excluding ortho intramolecular Hbond substituents is 1. The Hall–Kier alpha value is -4.37. The highest BCUT2D eigenvalue weighted by Crippen LogP contribution is 2.33. The fourth-order valence-electron chi connectivity index (χ4n) is 4.35. The number of fused-ring (bicyclic) bond motifs is 2. The fourth-order valence-corrected chi connectivity index (χ4v) is 4.35. The van der Waals surface area contributed by atoms with E-state index in [2.05, 4.69) is 15.5 Å². The van der Waals surface area contributed by atoms with Crippen LogP contribution in [0, 0.1) is 0 Å². The normalized spacial score (nSPS) is 15.3. The van der Waals surface area contributed by atoms with Crippen molar-refractivity contribution in [1.82, 2.24) is 25.4 Å². The number of amides is 1. The van der Waals surface area contributed by atoms with Gasteiger partial charge in [-0.15, -0.1) is 0 Å². The molecular weight excluding hydrogens is 446 g/mol. The summed E-state index contributed by atoms with van der Waals surface area (Å²) in [6, 6.07) is 14.3. The van der Waals surface area contributed by atoms with Crippen LogP contribution in [-0.2, 0) is 0 Å². The van der Waals surface area contributed by atoms with Crippen LogP contribution in [-0.4, -0.2) is 64.1 Å². The zero-order valence-corrected chi connectivity index (χ0v) is 18.8. The highest BCUT2D eigenvalue weighted by molar-refractivity contribution is 6.09. The van der Waals surface area contributed by atoms with Crippen molar-refractivity contribution in [2.45, 2.75) is 0 Å². The van der Waals surface area contributed by atoms with Crippen LogP contribution >= 0.6 is 0 Å². The summed E-state index contributed by atoms with van der Waals surface area (Å²) in [6.45, 7) is 3.01. The summed E-state index contributed by atoms with van der Waals surface area (Å²) >= 11 is 0. The van der Waals surface area contributed by atoms with Gasteiger partial charge in [-0.25, -0.2) is 4.98 Å². The molecule has 0 bridgehead atoms. The number of aromatic hydroxyl groups is 1. The molecule has 0 saturated carbocycles. The number of carbonyl (C=O) groups is 1. The van der Waals surface area contributed by atoms with Crippen LogP contribution in [0.25, 0.3) is 34.4 Å². The van der Waals surface area contributed by atoms with E-state index >= 15 is 0 Å². The molecule has 9 heteroatoms. The molecule has 1 fully saturated rings. The summed E-state index contributed by atoms with van der Waals surface area (Å²) in [5, 5.41) is 21.1. The third-order valence-electron chi connectivity index (χ3n) is 6.19. The number of H-pyrrole nitrogens is 1. The number of rotatable bonds is 4. The molecule has 0 spiro atoms. The molecule has 176 valence electrons. The lowest BCUT2D eigenvalue weighted by molar-refractivity contribution is 0.0737. The minimum atomic E-state index is -0.0574. The first-order valence-electron chi connectivity index (χ1n) is 11.4. The maximum atomic E-state index is 13.6.